The molecule has 0 saturated carbocycles. The zero-order valence-corrected chi connectivity index (χ0v) is 13.1. The summed E-state index contributed by atoms with van der Waals surface area (Å²) in [7, 11) is 0. The van der Waals surface area contributed by atoms with Crippen molar-refractivity contribution in [1.29, 1.82) is 0 Å². The van der Waals surface area contributed by atoms with Gasteiger partial charge in [0, 0.05) is 22.3 Å². The molecule has 22 heavy (non-hydrogen) atoms. The van der Waals surface area contributed by atoms with Gasteiger partial charge in [0.15, 0.2) is 0 Å². The molecule has 0 heterocycles. The van der Waals surface area contributed by atoms with Gasteiger partial charge in [-0.15, -0.1) is 0 Å². The zero-order chi connectivity index (χ0) is 15.5. The van der Waals surface area contributed by atoms with Crippen molar-refractivity contribution in [3.63, 3.8) is 0 Å². The lowest BCUT2D eigenvalue weighted by Gasteiger charge is -2.13. The molecule has 0 aliphatic carbocycles. The van der Waals surface area contributed by atoms with E-state index in [0.717, 1.165) is 11.1 Å². The number of ether oxygens (including phenoxy) is 1. The first-order valence-electron chi connectivity index (χ1n) is 6.71. The van der Waals surface area contributed by atoms with Crippen LogP contribution in [0.25, 0.3) is 11.1 Å². The highest BCUT2D eigenvalue weighted by Crippen LogP contribution is 2.37. The minimum atomic E-state index is 0.543. The quantitative estimate of drug-likeness (QED) is 0.595. The maximum atomic E-state index is 6.16. The van der Waals surface area contributed by atoms with E-state index in [1.807, 2.05) is 54.6 Å². The molecule has 3 rings (SSSR count). The lowest BCUT2D eigenvalue weighted by atomic mass is 10.0. The lowest BCUT2D eigenvalue weighted by molar-refractivity contribution is 0.485. The first-order valence-corrected chi connectivity index (χ1v) is 7.47. The molecule has 0 spiro atoms. The minimum absolute atomic E-state index is 0.543. The van der Waals surface area contributed by atoms with E-state index >= 15 is 0 Å². The van der Waals surface area contributed by atoms with Crippen LogP contribution < -0.4 is 10.5 Å². The van der Waals surface area contributed by atoms with Gasteiger partial charge < -0.3 is 10.5 Å². The van der Waals surface area contributed by atoms with Gasteiger partial charge in [-0.3, -0.25) is 0 Å². The molecule has 110 valence electrons. The van der Waals surface area contributed by atoms with Crippen LogP contribution in [-0.2, 0) is 0 Å². The summed E-state index contributed by atoms with van der Waals surface area (Å²) in [5.74, 6) is 1.22. The van der Waals surface area contributed by atoms with E-state index < -0.39 is 0 Å². The van der Waals surface area contributed by atoms with E-state index in [4.69, 9.17) is 33.7 Å². The monoisotopic (exact) mass is 329 g/mol. The third-order valence-electron chi connectivity index (χ3n) is 3.20. The summed E-state index contributed by atoms with van der Waals surface area (Å²) in [6.07, 6.45) is 0. The fourth-order valence-corrected chi connectivity index (χ4v) is 2.53. The third-order valence-corrected chi connectivity index (χ3v) is 3.75. The van der Waals surface area contributed by atoms with Gasteiger partial charge in [-0.2, -0.15) is 0 Å². The second kappa shape index (κ2) is 6.30. The highest BCUT2D eigenvalue weighted by Gasteiger charge is 2.10. The van der Waals surface area contributed by atoms with Crippen LogP contribution in [0.4, 0.5) is 5.69 Å². The Labute approximate surface area is 139 Å². The second-order valence-electron chi connectivity index (χ2n) is 4.80. The molecule has 3 aromatic rings. The summed E-state index contributed by atoms with van der Waals surface area (Å²) in [5, 5.41) is 1.21. The molecule has 2 nitrogen and oxygen atoms in total. The van der Waals surface area contributed by atoms with E-state index in [1.54, 1.807) is 12.1 Å². The molecule has 4 heteroatoms. The summed E-state index contributed by atoms with van der Waals surface area (Å²) in [6, 6.07) is 20.4. The number of para-hydroxylation sites is 1. The minimum Gasteiger partial charge on any atom is -0.455 e. The van der Waals surface area contributed by atoms with Gasteiger partial charge in [-0.1, -0.05) is 47.5 Å². The van der Waals surface area contributed by atoms with Gasteiger partial charge in [-0.05, 0) is 42.0 Å². The molecule has 0 bridgehead atoms. The molecular weight excluding hydrogens is 317 g/mol. The van der Waals surface area contributed by atoms with Crippen molar-refractivity contribution in [2.75, 3.05) is 5.73 Å². The highest BCUT2D eigenvalue weighted by molar-refractivity contribution is 6.32. The fraction of sp³-hybridized carbons (Fsp3) is 0. The molecule has 0 atom stereocenters. The Kier molecular flexibility index (Phi) is 4.23. The summed E-state index contributed by atoms with van der Waals surface area (Å²) >= 11 is 12.2. The van der Waals surface area contributed by atoms with Crippen LogP contribution in [0.3, 0.4) is 0 Å². The average Bonchev–Trinajstić information content (AvgIpc) is 2.50. The number of anilines is 1. The molecule has 0 aliphatic heterocycles. The molecule has 0 radical (unpaired) electrons. The predicted molar refractivity (Wildman–Crippen MR) is 92.8 cm³/mol. The summed E-state index contributed by atoms with van der Waals surface area (Å²) in [5.41, 5.74) is 8.36. The molecule has 2 N–H and O–H groups in total. The number of halogens is 2. The number of benzene rings is 3. The van der Waals surface area contributed by atoms with Gasteiger partial charge in [-0.25, -0.2) is 0 Å². The van der Waals surface area contributed by atoms with Crippen molar-refractivity contribution in [2.24, 2.45) is 0 Å². The van der Waals surface area contributed by atoms with Gasteiger partial charge in [0.1, 0.15) is 11.5 Å². The standard InChI is InChI=1S/C18H13Cl2NO/c19-13-5-3-4-12(10-13)15-9-8-14(21)11-18(15)22-17-7-2-1-6-16(17)20/h1-11H,21H2. The number of hydrogen-bond acceptors (Lipinski definition) is 2. The second-order valence-corrected chi connectivity index (χ2v) is 5.64. The van der Waals surface area contributed by atoms with Crippen LogP contribution in [0.5, 0.6) is 11.5 Å². The molecular formula is C18H13Cl2NO. The van der Waals surface area contributed by atoms with Crippen molar-refractivity contribution >= 4 is 28.9 Å². The highest BCUT2D eigenvalue weighted by atomic mass is 35.5. The van der Waals surface area contributed by atoms with Crippen molar-refractivity contribution in [3.8, 4) is 22.6 Å². The van der Waals surface area contributed by atoms with Crippen LogP contribution >= 0.6 is 23.2 Å². The molecule has 0 amide bonds. The predicted octanol–water partition coefficient (Wildman–Crippen LogP) is 6.03. The number of hydrogen-bond donors (Lipinski definition) is 1. The Hall–Kier alpha value is -2.16. The first-order chi connectivity index (χ1) is 10.6. The lowest BCUT2D eigenvalue weighted by Crippen LogP contribution is -1.92. The SMILES string of the molecule is Nc1ccc(-c2cccc(Cl)c2)c(Oc2ccccc2Cl)c1. The largest absolute Gasteiger partial charge is 0.455 e. The maximum absolute atomic E-state index is 6.16. The molecule has 0 unspecified atom stereocenters. The van der Waals surface area contributed by atoms with Crippen molar-refractivity contribution in [2.45, 2.75) is 0 Å². The van der Waals surface area contributed by atoms with Crippen LogP contribution in [0.2, 0.25) is 10.0 Å². The topological polar surface area (TPSA) is 35.2 Å². The van der Waals surface area contributed by atoms with E-state index in [-0.39, 0.29) is 0 Å². The van der Waals surface area contributed by atoms with Gasteiger partial charge in [0.25, 0.3) is 0 Å². The van der Waals surface area contributed by atoms with Gasteiger partial charge in [0.05, 0.1) is 5.02 Å². The Morgan fingerprint density at radius 3 is 2.36 bits per heavy atom. The van der Waals surface area contributed by atoms with Crippen molar-refractivity contribution in [3.05, 3.63) is 76.8 Å². The number of nitrogens with two attached hydrogens (primary N) is 1. The Balaban J connectivity index is 2.07. The number of nitrogen functional groups attached to an aromatic ring is 1. The Morgan fingerprint density at radius 2 is 1.59 bits per heavy atom. The van der Waals surface area contributed by atoms with Gasteiger partial charge in [0.2, 0.25) is 0 Å². The van der Waals surface area contributed by atoms with Crippen molar-refractivity contribution in [1.82, 2.24) is 0 Å². The van der Waals surface area contributed by atoms with Crippen LogP contribution in [-0.4, -0.2) is 0 Å². The van der Waals surface area contributed by atoms with Crippen LogP contribution in [0, 0.1) is 0 Å². The number of rotatable bonds is 3. The molecule has 0 fully saturated rings. The summed E-state index contributed by atoms with van der Waals surface area (Å²) in [4.78, 5) is 0. The summed E-state index contributed by atoms with van der Waals surface area (Å²) < 4.78 is 5.96. The molecule has 0 saturated heterocycles. The normalized spacial score (nSPS) is 10.5. The van der Waals surface area contributed by atoms with Crippen LogP contribution in [0.1, 0.15) is 0 Å². The van der Waals surface area contributed by atoms with Gasteiger partial charge >= 0.3 is 0 Å². The Morgan fingerprint density at radius 1 is 0.773 bits per heavy atom. The average molecular weight is 330 g/mol. The van der Waals surface area contributed by atoms with Crippen molar-refractivity contribution < 1.29 is 4.74 Å². The molecule has 0 aliphatic rings. The van der Waals surface area contributed by atoms with E-state index in [0.29, 0.717) is 27.2 Å². The first kappa shape index (κ1) is 14.8. The van der Waals surface area contributed by atoms with E-state index in [1.165, 1.54) is 0 Å². The van der Waals surface area contributed by atoms with E-state index in [9.17, 15) is 0 Å². The van der Waals surface area contributed by atoms with E-state index in [2.05, 4.69) is 0 Å². The summed E-state index contributed by atoms with van der Waals surface area (Å²) in [6.45, 7) is 0. The smallest absolute Gasteiger partial charge is 0.146 e. The molecule has 0 aromatic heterocycles. The van der Waals surface area contributed by atoms with Crippen LogP contribution in [0.15, 0.2) is 66.7 Å². The Bertz CT molecular complexity index is 818. The zero-order valence-electron chi connectivity index (χ0n) is 11.6. The fourth-order valence-electron chi connectivity index (χ4n) is 2.16. The molecule has 3 aromatic carbocycles. The third kappa shape index (κ3) is 3.19. The maximum Gasteiger partial charge on any atom is 0.146 e.